The van der Waals surface area contributed by atoms with Gasteiger partial charge in [0.05, 0.1) is 10.6 Å². The molecule has 0 saturated carbocycles. The molecular formula is C19H19BrClFN2O2. The van der Waals surface area contributed by atoms with E-state index < -0.39 is 5.82 Å². The van der Waals surface area contributed by atoms with Gasteiger partial charge in [-0.05, 0) is 46.3 Å². The molecule has 0 aromatic heterocycles. The number of hydrogen-bond acceptors (Lipinski definition) is 3. The summed E-state index contributed by atoms with van der Waals surface area (Å²) in [5.41, 5.74) is 0.362. The molecule has 0 unspecified atom stereocenters. The van der Waals surface area contributed by atoms with E-state index in [0.717, 1.165) is 19.6 Å². The van der Waals surface area contributed by atoms with Gasteiger partial charge < -0.3 is 9.64 Å². The molecule has 0 N–H and O–H groups in total. The zero-order valence-corrected chi connectivity index (χ0v) is 16.5. The van der Waals surface area contributed by atoms with Crippen molar-refractivity contribution in [3.63, 3.8) is 0 Å². The molecule has 26 heavy (non-hydrogen) atoms. The van der Waals surface area contributed by atoms with Crippen LogP contribution in [0, 0.1) is 5.82 Å². The van der Waals surface area contributed by atoms with Gasteiger partial charge in [-0.25, -0.2) is 4.39 Å². The zero-order chi connectivity index (χ0) is 18.5. The average molecular weight is 442 g/mol. The molecule has 2 aromatic carbocycles. The van der Waals surface area contributed by atoms with Crippen molar-refractivity contribution in [1.82, 2.24) is 9.80 Å². The Bertz CT molecular complexity index is 782. The van der Waals surface area contributed by atoms with Crippen molar-refractivity contribution in [2.45, 2.75) is 0 Å². The number of amides is 1. The highest BCUT2D eigenvalue weighted by molar-refractivity contribution is 9.10. The number of nitrogens with zero attached hydrogens (tertiary/aromatic N) is 2. The Kier molecular flexibility index (Phi) is 6.51. The first-order valence-electron chi connectivity index (χ1n) is 8.38. The van der Waals surface area contributed by atoms with Crippen molar-refractivity contribution in [2.75, 3.05) is 39.3 Å². The summed E-state index contributed by atoms with van der Waals surface area (Å²) in [6.07, 6.45) is 0. The Balaban J connectivity index is 1.47. The van der Waals surface area contributed by atoms with Crippen LogP contribution >= 0.6 is 27.5 Å². The Hall–Kier alpha value is -1.63. The highest BCUT2D eigenvalue weighted by Gasteiger charge is 2.23. The van der Waals surface area contributed by atoms with E-state index in [-0.39, 0.29) is 5.91 Å². The molecule has 7 heteroatoms. The maximum atomic E-state index is 13.4. The molecule has 0 spiro atoms. The molecule has 1 aliphatic heterocycles. The maximum absolute atomic E-state index is 13.4. The monoisotopic (exact) mass is 440 g/mol. The molecule has 1 amide bonds. The van der Waals surface area contributed by atoms with Crippen LogP contribution in [-0.2, 0) is 0 Å². The lowest BCUT2D eigenvalue weighted by atomic mass is 10.1. The maximum Gasteiger partial charge on any atom is 0.255 e. The first-order valence-corrected chi connectivity index (χ1v) is 9.55. The van der Waals surface area contributed by atoms with Crippen LogP contribution < -0.4 is 4.74 Å². The molecule has 0 radical (unpaired) electrons. The fourth-order valence-corrected chi connectivity index (χ4v) is 3.46. The summed E-state index contributed by atoms with van der Waals surface area (Å²) in [7, 11) is 0. The molecule has 0 aliphatic carbocycles. The number of rotatable bonds is 5. The van der Waals surface area contributed by atoms with E-state index in [9.17, 15) is 9.18 Å². The zero-order valence-electron chi connectivity index (χ0n) is 14.1. The third-order valence-electron chi connectivity index (χ3n) is 4.32. The van der Waals surface area contributed by atoms with Crippen LogP contribution in [0.1, 0.15) is 10.4 Å². The van der Waals surface area contributed by atoms with Crippen molar-refractivity contribution >= 4 is 33.4 Å². The predicted octanol–water partition coefficient (Wildman–Crippen LogP) is 4.08. The number of para-hydroxylation sites is 1. The van der Waals surface area contributed by atoms with E-state index in [2.05, 4.69) is 20.8 Å². The summed E-state index contributed by atoms with van der Waals surface area (Å²) in [6, 6.07) is 11.6. The van der Waals surface area contributed by atoms with Crippen molar-refractivity contribution in [3.8, 4) is 5.75 Å². The molecular weight excluding hydrogens is 423 g/mol. The van der Waals surface area contributed by atoms with E-state index in [4.69, 9.17) is 16.3 Å². The number of benzene rings is 2. The third kappa shape index (κ3) is 4.75. The van der Waals surface area contributed by atoms with Crippen molar-refractivity contribution in [3.05, 3.63) is 63.3 Å². The molecule has 1 saturated heterocycles. The predicted molar refractivity (Wildman–Crippen MR) is 103 cm³/mol. The van der Waals surface area contributed by atoms with Gasteiger partial charge in [0.1, 0.15) is 18.2 Å². The minimum Gasteiger partial charge on any atom is -0.491 e. The first kappa shape index (κ1) is 19.1. The van der Waals surface area contributed by atoms with Crippen LogP contribution in [-0.4, -0.2) is 55.0 Å². The topological polar surface area (TPSA) is 32.8 Å². The number of ether oxygens (including phenoxy) is 1. The lowest BCUT2D eigenvalue weighted by Gasteiger charge is -2.34. The summed E-state index contributed by atoms with van der Waals surface area (Å²) in [6.45, 7) is 4.01. The summed E-state index contributed by atoms with van der Waals surface area (Å²) in [4.78, 5) is 16.6. The third-order valence-corrected chi connectivity index (χ3v) is 5.32. The SMILES string of the molecule is O=C(c1cc(F)ccc1Br)N1CCN(CCOc2ccccc2Cl)CC1. The first-order chi connectivity index (χ1) is 12.5. The second-order valence-corrected chi connectivity index (χ2v) is 7.30. The van der Waals surface area contributed by atoms with Crippen molar-refractivity contribution < 1.29 is 13.9 Å². The highest BCUT2D eigenvalue weighted by atomic mass is 79.9. The molecule has 4 nitrogen and oxygen atoms in total. The van der Waals surface area contributed by atoms with E-state index in [1.165, 1.54) is 12.1 Å². The molecule has 1 fully saturated rings. The van der Waals surface area contributed by atoms with Gasteiger partial charge in [0.25, 0.3) is 5.91 Å². The number of carbonyl (C=O) groups excluding carboxylic acids is 1. The van der Waals surface area contributed by atoms with Gasteiger partial charge in [0.15, 0.2) is 0 Å². The normalized spacial score (nSPS) is 15.1. The Morgan fingerprint density at radius 3 is 2.62 bits per heavy atom. The number of piperazine rings is 1. The molecule has 0 bridgehead atoms. The number of hydrogen-bond donors (Lipinski definition) is 0. The largest absolute Gasteiger partial charge is 0.491 e. The molecule has 1 aliphatic rings. The fraction of sp³-hybridized carbons (Fsp3) is 0.316. The van der Waals surface area contributed by atoms with Crippen LogP contribution in [0.2, 0.25) is 5.02 Å². The van der Waals surface area contributed by atoms with Crippen molar-refractivity contribution in [1.29, 1.82) is 0 Å². The number of carbonyl (C=O) groups is 1. The van der Waals surface area contributed by atoms with Gasteiger partial charge in [-0.15, -0.1) is 0 Å². The van der Waals surface area contributed by atoms with E-state index >= 15 is 0 Å². The fourth-order valence-electron chi connectivity index (χ4n) is 2.85. The lowest BCUT2D eigenvalue weighted by molar-refractivity contribution is 0.0619. The Labute approximate surface area is 165 Å². The summed E-state index contributed by atoms with van der Waals surface area (Å²) >= 11 is 9.39. The highest BCUT2D eigenvalue weighted by Crippen LogP contribution is 2.23. The van der Waals surface area contributed by atoms with Crippen molar-refractivity contribution in [2.24, 2.45) is 0 Å². The Morgan fingerprint density at radius 2 is 1.88 bits per heavy atom. The average Bonchev–Trinajstić information content (AvgIpc) is 2.65. The second-order valence-electron chi connectivity index (χ2n) is 6.04. The Morgan fingerprint density at radius 1 is 1.15 bits per heavy atom. The lowest BCUT2D eigenvalue weighted by Crippen LogP contribution is -2.49. The molecule has 3 rings (SSSR count). The van der Waals surface area contributed by atoms with E-state index in [0.29, 0.717) is 40.5 Å². The van der Waals surface area contributed by atoms with Crippen LogP contribution in [0.25, 0.3) is 0 Å². The molecule has 138 valence electrons. The van der Waals surface area contributed by atoms with Gasteiger partial charge in [0, 0.05) is 37.2 Å². The molecule has 2 aromatic rings. The van der Waals surface area contributed by atoms with Crippen LogP contribution in [0.15, 0.2) is 46.9 Å². The van der Waals surface area contributed by atoms with Gasteiger partial charge >= 0.3 is 0 Å². The smallest absolute Gasteiger partial charge is 0.255 e. The minimum atomic E-state index is -0.410. The van der Waals surface area contributed by atoms with Gasteiger partial charge in [-0.1, -0.05) is 23.7 Å². The number of halogens is 3. The summed E-state index contributed by atoms with van der Waals surface area (Å²) in [5.74, 6) is 0.120. The van der Waals surface area contributed by atoms with E-state index in [1.54, 1.807) is 17.0 Å². The van der Waals surface area contributed by atoms with Gasteiger partial charge in [0.2, 0.25) is 0 Å². The standard InChI is InChI=1S/C19H19BrClFN2O2/c20-16-6-5-14(22)13-15(16)19(25)24-9-7-23(8-10-24)11-12-26-18-4-2-1-3-17(18)21/h1-6,13H,7-12H2. The molecule has 1 heterocycles. The van der Waals surface area contributed by atoms with Gasteiger partial charge in [-0.3, -0.25) is 9.69 Å². The quantitative estimate of drug-likeness (QED) is 0.701. The molecule has 0 atom stereocenters. The summed E-state index contributed by atoms with van der Waals surface area (Å²) in [5, 5.41) is 0.601. The summed E-state index contributed by atoms with van der Waals surface area (Å²) < 4.78 is 19.7. The minimum absolute atomic E-state index is 0.150. The van der Waals surface area contributed by atoms with Gasteiger partial charge in [-0.2, -0.15) is 0 Å². The second kappa shape index (κ2) is 8.84. The van der Waals surface area contributed by atoms with Crippen LogP contribution in [0.4, 0.5) is 4.39 Å². The van der Waals surface area contributed by atoms with E-state index in [1.807, 2.05) is 18.2 Å². The van der Waals surface area contributed by atoms with Crippen LogP contribution in [0.5, 0.6) is 5.75 Å². The van der Waals surface area contributed by atoms with Crippen LogP contribution in [0.3, 0.4) is 0 Å².